The standard InChI is InChI=1S/C17H24ClF3N4O2/c1-16(2,4-5-24-8-6-23(3)7-9-24)22-14-11-13(18)12(17(19,20)21)10-15(14)25(26)27/h10-11,22H,4-9H2,1-3H3. The Balaban J connectivity index is 2.14. The third-order valence-corrected chi connectivity index (χ3v) is 5.02. The number of anilines is 1. The van der Waals surface area contributed by atoms with Crippen molar-refractivity contribution in [3.63, 3.8) is 0 Å². The number of alkyl halides is 3. The molecular weight excluding hydrogens is 385 g/mol. The van der Waals surface area contributed by atoms with Crippen molar-refractivity contribution in [2.24, 2.45) is 0 Å². The lowest BCUT2D eigenvalue weighted by Crippen LogP contribution is -2.46. The van der Waals surface area contributed by atoms with Gasteiger partial charge in [0, 0.05) is 44.3 Å². The molecule has 2 rings (SSSR count). The van der Waals surface area contributed by atoms with Crippen molar-refractivity contribution in [3.05, 3.63) is 32.8 Å². The average molecular weight is 409 g/mol. The molecule has 0 spiro atoms. The topological polar surface area (TPSA) is 61.6 Å². The maximum atomic E-state index is 13.0. The molecule has 152 valence electrons. The summed E-state index contributed by atoms with van der Waals surface area (Å²) in [6, 6.07) is 1.47. The molecule has 0 unspecified atom stereocenters. The Hall–Kier alpha value is -1.58. The van der Waals surface area contributed by atoms with Gasteiger partial charge in [0.15, 0.2) is 0 Å². The molecule has 10 heteroatoms. The van der Waals surface area contributed by atoms with Gasteiger partial charge in [-0.05, 0) is 33.4 Å². The summed E-state index contributed by atoms with van der Waals surface area (Å²) in [7, 11) is 2.07. The van der Waals surface area contributed by atoms with Crippen LogP contribution < -0.4 is 5.32 Å². The van der Waals surface area contributed by atoms with Gasteiger partial charge in [0.1, 0.15) is 5.69 Å². The first-order chi connectivity index (χ1) is 12.4. The van der Waals surface area contributed by atoms with Gasteiger partial charge in [0.2, 0.25) is 0 Å². The van der Waals surface area contributed by atoms with Gasteiger partial charge in [-0.1, -0.05) is 11.6 Å². The third kappa shape index (κ3) is 5.95. The van der Waals surface area contributed by atoms with Crippen molar-refractivity contribution in [3.8, 4) is 0 Å². The number of hydrogen-bond donors (Lipinski definition) is 1. The van der Waals surface area contributed by atoms with Crippen molar-refractivity contribution in [1.82, 2.24) is 9.80 Å². The zero-order valence-corrected chi connectivity index (χ0v) is 16.3. The lowest BCUT2D eigenvalue weighted by atomic mass is 9.99. The Morgan fingerprint density at radius 1 is 1.22 bits per heavy atom. The van der Waals surface area contributed by atoms with E-state index in [1.165, 1.54) is 0 Å². The summed E-state index contributed by atoms with van der Waals surface area (Å²) in [5.41, 5.74) is -2.42. The fourth-order valence-electron chi connectivity index (χ4n) is 2.97. The number of rotatable bonds is 6. The second-order valence-electron chi connectivity index (χ2n) is 7.51. The molecule has 0 radical (unpaired) electrons. The fourth-order valence-corrected chi connectivity index (χ4v) is 3.24. The smallest absolute Gasteiger partial charge is 0.375 e. The van der Waals surface area contributed by atoms with Crippen molar-refractivity contribution < 1.29 is 18.1 Å². The molecule has 27 heavy (non-hydrogen) atoms. The largest absolute Gasteiger partial charge is 0.418 e. The van der Waals surface area contributed by atoms with E-state index in [0.29, 0.717) is 12.5 Å². The molecular formula is C17H24ClF3N4O2. The van der Waals surface area contributed by atoms with Crippen LogP contribution in [0.3, 0.4) is 0 Å². The normalized spacial score (nSPS) is 17.1. The molecule has 0 aliphatic carbocycles. The van der Waals surface area contributed by atoms with E-state index in [4.69, 9.17) is 11.6 Å². The van der Waals surface area contributed by atoms with Gasteiger partial charge in [-0.2, -0.15) is 13.2 Å². The predicted molar refractivity (Wildman–Crippen MR) is 99.4 cm³/mol. The summed E-state index contributed by atoms with van der Waals surface area (Å²) < 4.78 is 38.9. The Morgan fingerprint density at radius 2 is 1.81 bits per heavy atom. The zero-order valence-electron chi connectivity index (χ0n) is 15.6. The van der Waals surface area contributed by atoms with E-state index in [2.05, 4.69) is 22.2 Å². The summed E-state index contributed by atoms with van der Waals surface area (Å²) in [6.45, 7) is 8.35. The van der Waals surface area contributed by atoms with E-state index in [-0.39, 0.29) is 5.69 Å². The van der Waals surface area contributed by atoms with Gasteiger partial charge >= 0.3 is 6.18 Å². The summed E-state index contributed by atoms with van der Waals surface area (Å²) in [4.78, 5) is 15.0. The number of likely N-dealkylation sites (N-methyl/N-ethyl adjacent to an activating group) is 1. The minimum Gasteiger partial charge on any atom is -0.375 e. The molecule has 0 bridgehead atoms. The van der Waals surface area contributed by atoms with Crippen LogP contribution in [0.2, 0.25) is 5.02 Å². The minimum absolute atomic E-state index is 0.0126. The molecule has 1 aromatic rings. The highest BCUT2D eigenvalue weighted by molar-refractivity contribution is 6.31. The van der Waals surface area contributed by atoms with Crippen molar-refractivity contribution >= 4 is 23.0 Å². The highest BCUT2D eigenvalue weighted by atomic mass is 35.5. The predicted octanol–water partition coefficient (Wildman–Crippen LogP) is 4.10. The second kappa shape index (κ2) is 8.20. The van der Waals surface area contributed by atoms with Gasteiger partial charge in [0.05, 0.1) is 15.5 Å². The number of nitrogens with zero attached hydrogens (tertiary/aromatic N) is 3. The van der Waals surface area contributed by atoms with Crippen LogP contribution in [0.1, 0.15) is 25.8 Å². The second-order valence-corrected chi connectivity index (χ2v) is 7.92. The number of hydrogen-bond acceptors (Lipinski definition) is 5. The molecule has 6 nitrogen and oxygen atoms in total. The van der Waals surface area contributed by atoms with E-state index < -0.39 is 32.9 Å². The molecule has 1 aliphatic heterocycles. The summed E-state index contributed by atoms with van der Waals surface area (Å²) in [6.07, 6.45) is -4.08. The maximum absolute atomic E-state index is 13.0. The Kier molecular flexibility index (Phi) is 6.59. The van der Waals surface area contributed by atoms with Crippen LogP contribution in [0.15, 0.2) is 12.1 Å². The van der Waals surface area contributed by atoms with Crippen LogP contribution in [0.5, 0.6) is 0 Å². The molecule has 1 fully saturated rings. The first kappa shape index (κ1) is 21.7. The summed E-state index contributed by atoms with van der Waals surface area (Å²) >= 11 is 5.74. The van der Waals surface area contributed by atoms with Crippen LogP contribution in [0, 0.1) is 10.1 Å². The first-order valence-corrected chi connectivity index (χ1v) is 9.01. The van der Waals surface area contributed by atoms with Crippen LogP contribution in [-0.2, 0) is 6.18 Å². The van der Waals surface area contributed by atoms with Crippen molar-refractivity contribution in [2.75, 3.05) is 45.1 Å². The number of nitro groups is 1. The SMILES string of the molecule is CN1CCN(CCC(C)(C)Nc2cc(Cl)c(C(F)(F)F)cc2[N+](=O)[O-])CC1. The maximum Gasteiger partial charge on any atom is 0.418 e. The molecule has 1 heterocycles. The summed E-state index contributed by atoms with van der Waals surface area (Å²) in [5.74, 6) is 0. The van der Waals surface area contributed by atoms with Crippen molar-refractivity contribution in [1.29, 1.82) is 0 Å². The highest BCUT2D eigenvalue weighted by Gasteiger charge is 2.36. The number of piperazine rings is 1. The molecule has 1 N–H and O–H groups in total. The molecule has 0 amide bonds. The van der Waals surface area contributed by atoms with Gasteiger partial charge < -0.3 is 15.1 Å². The zero-order chi connectivity index (χ0) is 20.4. The molecule has 0 saturated carbocycles. The first-order valence-electron chi connectivity index (χ1n) is 8.63. The van der Waals surface area contributed by atoms with Crippen LogP contribution >= 0.6 is 11.6 Å². The molecule has 1 aliphatic rings. The molecule has 0 aromatic heterocycles. The van der Waals surface area contributed by atoms with E-state index in [1.54, 1.807) is 0 Å². The fraction of sp³-hybridized carbons (Fsp3) is 0.647. The molecule has 1 aromatic carbocycles. The highest BCUT2D eigenvalue weighted by Crippen LogP contribution is 2.41. The molecule has 1 saturated heterocycles. The van der Waals surface area contributed by atoms with E-state index in [0.717, 1.165) is 38.8 Å². The van der Waals surface area contributed by atoms with Gasteiger partial charge in [0.25, 0.3) is 5.69 Å². The lowest BCUT2D eigenvalue weighted by molar-refractivity contribution is -0.384. The average Bonchev–Trinajstić information content (AvgIpc) is 2.52. The summed E-state index contributed by atoms with van der Waals surface area (Å²) in [5, 5.41) is 13.7. The number of nitrogens with one attached hydrogen (secondary N) is 1. The van der Waals surface area contributed by atoms with E-state index in [1.807, 2.05) is 13.8 Å². The molecule has 0 atom stereocenters. The Morgan fingerprint density at radius 3 is 2.33 bits per heavy atom. The lowest BCUT2D eigenvalue weighted by Gasteiger charge is -2.35. The third-order valence-electron chi connectivity index (χ3n) is 4.71. The number of halogens is 4. The number of nitro benzene ring substituents is 1. The van der Waals surface area contributed by atoms with E-state index >= 15 is 0 Å². The van der Waals surface area contributed by atoms with Crippen LogP contribution in [0.25, 0.3) is 0 Å². The van der Waals surface area contributed by atoms with Gasteiger partial charge in [-0.15, -0.1) is 0 Å². The Labute approximate surface area is 161 Å². The quantitative estimate of drug-likeness (QED) is 0.567. The van der Waals surface area contributed by atoms with Gasteiger partial charge in [-0.3, -0.25) is 10.1 Å². The van der Waals surface area contributed by atoms with Crippen LogP contribution in [0.4, 0.5) is 24.5 Å². The number of benzene rings is 1. The van der Waals surface area contributed by atoms with Gasteiger partial charge in [-0.25, -0.2) is 0 Å². The van der Waals surface area contributed by atoms with Crippen LogP contribution in [-0.4, -0.2) is 60.0 Å². The van der Waals surface area contributed by atoms with Crippen molar-refractivity contribution in [2.45, 2.75) is 32.0 Å². The Bertz CT molecular complexity index is 689. The minimum atomic E-state index is -4.75. The van der Waals surface area contributed by atoms with E-state index in [9.17, 15) is 23.3 Å². The monoisotopic (exact) mass is 408 g/mol.